The van der Waals surface area contributed by atoms with Crippen LogP contribution in [0.25, 0.3) is 0 Å². The summed E-state index contributed by atoms with van der Waals surface area (Å²) in [6.07, 6.45) is 0. The number of amides is 3. The summed E-state index contributed by atoms with van der Waals surface area (Å²) in [7, 11) is 1.54. The van der Waals surface area contributed by atoms with E-state index in [0.717, 1.165) is 10.5 Å². The predicted octanol–water partition coefficient (Wildman–Crippen LogP) is 1.50. The van der Waals surface area contributed by atoms with Gasteiger partial charge in [-0.05, 0) is 17.7 Å². The van der Waals surface area contributed by atoms with E-state index in [4.69, 9.17) is 9.47 Å². The summed E-state index contributed by atoms with van der Waals surface area (Å²) in [6.45, 7) is -0.0182. The van der Waals surface area contributed by atoms with Gasteiger partial charge in [0.25, 0.3) is 17.7 Å². The monoisotopic (exact) mass is 410 g/mol. The second-order valence-electron chi connectivity index (χ2n) is 6.70. The minimum absolute atomic E-state index is 0.250. The molecule has 0 radical (unpaired) electrons. The van der Waals surface area contributed by atoms with E-state index in [1.165, 1.54) is 24.1 Å². The van der Waals surface area contributed by atoms with Crippen LogP contribution in [-0.2, 0) is 25.6 Å². The van der Waals surface area contributed by atoms with Crippen molar-refractivity contribution in [3.63, 3.8) is 0 Å². The normalized spacial score (nSPS) is 12.6. The zero-order valence-corrected chi connectivity index (χ0v) is 16.6. The molecular weight excluding hydrogens is 388 g/mol. The number of carbonyl (C=O) groups excluding carboxylic acids is 4. The van der Waals surface area contributed by atoms with E-state index < -0.39 is 36.8 Å². The van der Waals surface area contributed by atoms with Gasteiger partial charge in [-0.15, -0.1) is 0 Å². The van der Waals surface area contributed by atoms with Crippen molar-refractivity contribution in [2.45, 2.75) is 6.54 Å². The standard InChI is InChI=1S/C22H22N2O6/c1-29-12-11-23(13-16-7-3-2-4-8-16)19(25)15-30-20(26)14-24-21(27)17-9-5-6-10-18(17)22(24)28/h2-10H,11-15H2,1H3. The third-order valence-electron chi connectivity index (χ3n) is 4.66. The predicted molar refractivity (Wildman–Crippen MR) is 107 cm³/mol. The van der Waals surface area contributed by atoms with Crippen molar-refractivity contribution < 1.29 is 28.7 Å². The van der Waals surface area contributed by atoms with Gasteiger partial charge in [0, 0.05) is 20.2 Å². The largest absolute Gasteiger partial charge is 0.454 e. The number of hydrogen-bond acceptors (Lipinski definition) is 6. The molecule has 1 aliphatic heterocycles. The number of nitrogens with zero attached hydrogens (tertiary/aromatic N) is 2. The number of hydrogen-bond donors (Lipinski definition) is 0. The fourth-order valence-corrected chi connectivity index (χ4v) is 3.09. The molecule has 1 heterocycles. The van der Waals surface area contributed by atoms with E-state index in [9.17, 15) is 19.2 Å². The van der Waals surface area contributed by atoms with Crippen molar-refractivity contribution in [3.8, 4) is 0 Å². The van der Waals surface area contributed by atoms with E-state index in [0.29, 0.717) is 19.7 Å². The van der Waals surface area contributed by atoms with E-state index in [1.54, 1.807) is 12.1 Å². The summed E-state index contributed by atoms with van der Waals surface area (Å²) < 4.78 is 10.1. The van der Waals surface area contributed by atoms with Crippen molar-refractivity contribution in [3.05, 3.63) is 71.3 Å². The van der Waals surface area contributed by atoms with Crippen molar-refractivity contribution >= 4 is 23.7 Å². The van der Waals surface area contributed by atoms with Crippen LogP contribution in [0.4, 0.5) is 0 Å². The van der Waals surface area contributed by atoms with Crippen LogP contribution in [0, 0.1) is 0 Å². The van der Waals surface area contributed by atoms with Gasteiger partial charge in [0.15, 0.2) is 6.61 Å². The highest BCUT2D eigenvalue weighted by atomic mass is 16.5. The van der Waals surface area contributed by atoms with Gasteiger partial charge in [-0.2, -0.15) is 0 Å². The first kappa shape index (κ1) is 21.2. The molecule has 1 aliphatic rings. The fraction of sp³-hybridized carbons (Fsp3) is 0.273. The van der Waals surface area contributed by atoms with Gasteiger partial charge in [-0.25, -0.2) is 0 Å². The molecule has 30 heavy (non-hydrogen) atoms. The molecule has 2 aromatic rings. The molecule has 0 spiro atoms. The Morgan fingerprint density at radius 2 is 1.53 bits per heavy atom. The fourth-order valence-electron chi connectivity index (χ4n) is 3.09. The van der Waals surface area contributed by atoms with E-state index >= 15 is 0 Å². The Balaban J connectivity index is 1.55. The number of carbonyl (C=O) groups is 4. The first-order chi connectivity index (χ1) is 14.5. The highest BCUT2D eigenvalue weighted by molar-refractivity contribution is 6.22. The first-order valence-corrected chi connectivity index (χ1v) is 9.42. The molecule has 8 nitrogen and oxygen atoms in total. The number of fused-ring (bicyclic) bond motifs is 1. The molecule has 156 valence electrons. The molecule has 2 aromatic carbocycles. The van der Waals surface area contributed by atoms with Crippen LogP contribution in [0.2, 0.25) is 0 Å². The quantitative estimate of drug-likeness (QED) is 0.460. The van der Waals surface area contributed by atoms with Crippen molar-refractivity contribution in [1.29, 1.82) is 0 Å². The van der Waals surface area contributed by atoms with Gasteiger partial charge in [0.2, 0.25) is 0 Å². The molecule has 0 bridgehead atoms. The average Bonchev–Trinajstić information content (AvgIpc) is 3.00. The Morgan fingerprint density at radius 1 is 0.933 bits per heavy atom. The maximum atomic E-state index is 12.5. The van der Waals surface area contributed by atoms with E-state index in [2.05, 4.69) is 0 Å². The van der Waals surface area contributed by atoms with Crippen molar-refractivity contribution in [2.75, 3.05) is 33.4 Å². The van der Waals surface area contributed by atoms with E-state index in [-0.39, 0.29) is 11.1 Å². The Hall–Kier alpha value is -3.52. The van der Waals surface area contributed by atoms with Crippen LogP contribution in [-0.4, -0.2) is 66.9 Å². The summed E-state index contributed by atoms with van der Waals surface area (Å²) in [6, 6.07) is 15.8. The van der Waals surface area contributed by atoms with Gasteiger partial charge in [-0.3, -0.25) is 24.1 Å². The maximum absolute atomic E-state index is 12.5. The summed E-state index contributed by atoms with van der Waals surface area (Å²) in [5.74, 6) is -2.33. The lowest BCUT2D eigenvalue weighted by Gasteiger charge is -2.22. The molecule has 0 atom stereocenters. The lowest BCUT2D eigenvalue weighted by Crippen LogP contribution is -2.39. The van der Waals surface area contributed by atoms with Gasteiger partial charge in [-0.1, -0.05) is 42.5 Å². The molecule has 0 unspecified atom stereocenters. The second-order valence-corrected chi connectivity index (χ2v) is 6.70. The number of methoxy groups -OCH3 is 1. The van der Waals surface area contributed by atoms with Gasteiger partial charge < -0.3 is 14.4 Å². The molecule has 0 saturated heterocycles. The minimum atomic E-state index is -0.829. The Morgan fingerprint density at radius 3 is 2.13 bits per heavy atom. The minimum Gasteiger partial charge on any atom is -0.454 e. The third kappa shape index (κ3) is 4.90. The number of ether oxygens (including phenoxy) is 2. The second kappa shape index (κ2) is 9.80. The molecule has 0 aliphatic carbocycles. The first-order valence-electron chi connectivity index (χ1n) is 9.42. The van der Waals surface area contributed by atoms with Crippen molar-refractivity contribution in [1.82, 2.24) is 9.80 Å². The lowest BCUT2D eigenvalue weighted by atomic mass is 10.1. The number of esters is 1. The molecular formula is C22H22N2O6. The zero-order valence-electron chi connectivity index (χ0n) is 16.6. The summed E-state index contributed by atoms with van der Waals surface area (Å²) in [5, 5.41) is 0. The van der Waals surface area contributed by atoms with Crippen molar-refractivity contribution in [2.24, 2.45) is 0 Å². The van der Waals surface area contributed by atoms with Gasteiger partial charge in [0.1, 0.15) is 6.54 Å². The van der Waals surface area contributed by atoms with Crippen LogP contribution in [0.3, 0.4) is 0 Å². The molecule has 0 N–H and O–H groups in total. The van der Waals surface area contributed by atoms with E-state index in [1.807, 2.05) is 30.3 Å². The third-order valence-corrected chi connectivity index (χ3v) is 4.66. The average molecular weight is 410 g/mol. The Kier molecular flexibility index (Phi) is 6.92. The number of imide groups is 1. The zero-order chi connectivity index (χ0) is 21.5. The lowest BCUT2D eigenvalue weighted by molar-refractivity contribution is -0.152. The van der Waals surface area contributed by atoms with Gasteiger partial charge >= 0.3 is 5.97 Å². The SMILES string of the molecule is COCCN(Cc1ccccc1)C(=O)COC(=O)CN1C(=O)c2ccccc2C1=O. The van der Waals surface area contributed by atoms with Crippen LogP contribution in [0.1, 0.15) is 26.3 Å². The van der Waals surface area contributed by atoms with Gasteiger partial charge in [0.05, 0.1) is 17.7 Å². The van der Waals surface area contributed by atoms with Crippen LogP contribution < -0.4 is 0 Å². The molecule has 8 heteroatoms. The molecule has 0 saturated carbocycles. The Bertz CT molecular complexity index is 909. The summed E-state index contributed by atoms with van der Waals surface area (Å²) in [4.78, 5) is 51.7. The molecule has 3 rings (SSSR count). The smallest absolute Gasteiger partial charge is 0.326 e. The van der Waals surface area contributed by atoms with Crippen LogP contribution in [0.15, 0.2) is 54.6 Å². The summed E-state index contributed by atoms with van der Waals surface area (Å²) >= 11 is 0. The molecule has 0 fully saturated rings. The highest BCUT2D eigenvalue weighted by Gasteiger charge is 2.36. The Labute approximate surface area is 174 Å². The van der Waals surface area contributed by atoms with Crippen LogP contribution in [0.5, 0.6) is 0 Å². The summed E-state index contributed by atoms with van der Waals surface area (Å²) in [5.41, 5.74) is 1.43. The number of benzene rings is 2. The molecule has 3 amide bonds. The highest BCUT2D eigenvalue weighted by Crippen LogP contribution is 2.22. The topological polar surface area (TPSA) is 93.2 Å². The number of rotatable bonds is 9. The van der Waals surface area contributed by atoms with Crippen LogP contribution >= 0.6 is 0 Å². The molecule has 0 aromatic heterocycles. The maximum Gasteiger partial charge on any atom is 0.326 e.